The van der Waals surface area contributed by atoms with Gasteiger partial charge in [-0.1, -0.05) is 0 Å². The summed E-state index contributed by atoms with van der Waals surface area (Å²) in [5.41, 5.74) is 0.657. The first-order valence-electron chi connectivity index (χ1n) is 5.75. The average Bonchev–Trinajstić information content (AvgIpc) is 2.36. The number of ether oxygens (including phenoxy) is 2. The minimum atomic E-state index is -0.437. The Morgan fingerprint density at radius 1 is 1.44 bits per heavy atom. The number of methoxy groups -OCH3 is 1. The Kier molecular flexibility index (Phi) is 5.38. The Hall–Kier alpha value is -1.82. The molecule has 6 heteroatoms. The SMILES string of the molecule is CCOc1cc(NCC(C)OC)cc([N+](=O)[O-])c1. The molecule has 0 aliphatic rings. The molecule has 1 atom stereocenters. The van der Waals surface area contributed by atoms with Crippen LogP contribution in [0.3, 0.4) is 0 Å². The first-order valence-corrected chi connectivity index (χ1v) is 5.75. The Morgan fingerprint density at radius 3 is 2.72 bits per heavy atom. The molecular weight excluding hydrogens is 236 g/mol. The first-order chi connectivity index (χ1) is 8.56. The molecule has 0 amide bonds. The predicted molar refractivity (Wildman–Crippen MR) is 69.2 cm³/mol. The molecule has 0 aliphatic heterocycles. The summed E-state index contributed by atoms with van der Waals surface area (Å²) in [5.74, 6) is 0.485. The van der Waals surface area contributed by atoms with Crippen LogP contribution in [0.15, 0.2) is 18.2 Å². The van der Waals surface area contributed by atoms with Crippen LogP contribution in [0, 0.1) is 10.1 Å². The number of hydrogen-bond donors (Lipinski definition) is 1. The molecule has 1 rings (SSSR count). The second-order valence-corrected chi connectivity index (χ2v) is 3.83. The Balaban J connectivity index is 2.85. The van der Waals surface area contributed by atoms with E-state index in [4.69, 9.17) is 9.47 Å². The lowest BCUT2D eigenvalue weighted by Gasteiger charge is -2.13. The summed E-state index contributed by atoms with van der Waals surface area (Å²) in [6.07, 6.45) is 0.0276. The molecule has 0 spiro atoms. The Bertz CT molecular complexity index is 409. The van der Waals surface area contributed by atoms with Gasteiger partial charge in [0.1, 0.15) is 5.75 Å². The van der Waals surface area contributed by atoms with Crippen molar-refractivity contribution in [3.63, 3.8) is 0 Å². The van der Waals surface area contributed by atoms with Gasteiger partial charge in [-0.25, -0.2) is 0 Å². The maximum absolute atomic E-state index is 10.8. The molecule has 6 nitrogen and oxygen atoms in total. The lowest BCUT2D eigenvalue weighted by molar-refractivity contribution is -0.384. The standard InChI is InChI=1S/C12H18N2O4/c1-4-18-12-6-10(13-8-9(2)17-3)5-11(7-12)14(15)16/h5-7,9,13H,4,8H2,1-3H3. The summed E-state index contributed by atoms with van der Waals surface area (Å²) in [7, 11) is 1.62. The normalized spacial score (nSPS) is 11.9. The summed E-state index contributed by atoms with van der Waals surface area (Å²) in [4.78, 5) is 10.4. The largest absolute Gasteiger partial charge is 0.494 e. The number of non-ortho nitro benzene ring substituents is 1. The highest BCUT2D eigenvalue weighted by Gasteiger charge is 2.11. The fourth-order valence-corrected chi connectivity index (χ4v) is 1.39. The van der Waals surface area contributed by atoms with E-state index in [-0.39, 0.29) is 11.8 Å². The van der Waals surface area contributed by atoms with Gasteiger partial charge in [0.25, 0.3) is 5.69 Å². The van der Waals surface area contributed by atoms with Crippen LogP contribution in [0.5, 0.6) is 5.75 Å². The number of hydrogen-bond acceptors (Lipinski definition) is 5. The van der Waals surface area contributed by atoms with Crippen molar-refractivity contribution in [2.45, 2.75) is 20.0 Å². The van der Waals surface area contributed by atoms with E-state index in [9.17, 15) is 10.1 Å². The zero-order chi connectivity index (χ0) is 13.5. The van der Waals surface area contributed by atoms with Crippen molar-refractivity contribution in [1.29, 1.82) is 0 Å². The van der Waals surface area contributed by atoms with Gasteiger partial charge < -0.3 is 14.8 Å². The van der Waals surface area contributed by atoms with E-state index in [1.807, 2.05) is 13.8 Å². The third-order valence-corrected chi connectivity index (χ3v) is 2.41. The zero-order valence-corrected chi connectivity index (χ0v) is 10.8. The highest BCUT2D eigenvalue weighted by molar-refractivity contribution is 5.56. The van der Waals surface area contributed by atoms with Gasteiger partial charge >= 0.3 is 0 Å². The average molecular weight is 254 g/mol. The molecule has 18 heavy (non-hydrogen) atoms. The van der Waals surface area contributed by atoms with Gasteiger partial charge in [0.2, 0.25) is 0 Å². The van der Waals surface area contributed by atoms with Gasteiger partial charge in [-0.3, -0.25) is 10.1 Å². The molecular formula is C12H18N2O4. The van der Waals surface area contributed by atoms with Crippen LogP contribution in [0.2, 0.25) is 0 Å². The second kappa shape index (κ2) is 6.80. The molecule has 0 heterocycles. The summed E-state index contributed by atoms with van der Waals surface area (Å²) in [6.45, 7) is 4.78. The molecule has 0 fully saturated rings. The molecule has 1 unspecified atom stereocenters. The van der Waals surface area contributed by atoms with Crippen molar-refractivity contribution in [3.05, 3.63) is 28.3 Å². The molecule has 0 aromatic heterocycles. The van der Waals surface area contributed by atoms with E-state index in [1.54, 1.807) is 13.2 Å². The van der Waals surface area contributed by atoms with Crippen molar-refractivity contribution < 1.29 is 14.4 Å². The summed E-state index contributed by atoms with van der Waals surface area (Å²) in [6, 6.07) is 4.62. The molecule has 0 aliphatic carbocycles. The Morgan fingerprint density at radius 2 is 2.17 bits per heavy atom. The number of nitrogens with zero attached hydrogens (tertiary/aromatic N) is 1. The van der Waals surface area contributed by atoms with Crippen LogP contribution >= 0.6 is 0 Å². The third kappa shape index (κ3) is 4.21. The monoisotopic (exact) mass is 254 g/mol. The van der Waals surface area contributed by atoms with Gasteiger partial charge in [-0.15, -0.1) is 0 Å². The number of nitrogens with one attached hydrogen (secondary N) is 1. The topological polar surface area (TPSA) is 73.6 Å². The van der Waals surface area contributed by atoms with Gasteiger partial charge in [0.15, 0.2) is 0 Å². The second-order valence-electron chi connectivity index (χ2n) is 3.83. The molecule has 0 saturated carbocycles. The van der Waals surface area contributed by atoms with E-state index in [2.05, 4.69) is 5.32 Å². The quantitative estimate of drug-likeness (QED) is 0.597. The molecule has 1 aromatic rings. The van der Waals surface area contributed by atoms with Gasteiger partial charge in [0, 0.05) is 31.5 Å². The summed E-state index contributed by atoms with van der Waals surface area (Å²) < 4.78 is 10.4. The van der Waals surface area contributed by atoms with Crippen LogP contribution in [-0.4, -0.2) is 31.3 Å². The van der Waals surface area contributed by atoms with Crippen molar-refractivity contribution >= 4 is 11.4 Å². The molecule has 1 N–H and O–H groups in total. The van der Waals surface area contributed by atoms with Crippen LogP contribution in [0.1, 0.15) is 13.8 Å². The van der Waals surface area contributed by atoms with Crippen LogP contribution < -0.4 is 10.1 Å². The van der Waals surface area contributed by atoms with Crippen LogP contribution in [0.4, 0.5) is 11.4 Å². The molecule has 0 radical (unpaired) electrons. The van der Waals surface area contributed by atoms with Gasteiger partial charge in [-0.2, -0.15) is 0 Å². The van der Waals surface area contributed by atoms with Crippen molar-refractivity contribution in [3.8, 4) is 5.75 Å². The zero-order valence-electron chi connectivity index (χ0n) is 10.8. The smallest absolute Gasteiger partial charge is 0.275 e. The molecule has 100 valence electrons. The Labute approximate surface area is 106 Å². The van der Waals surface area contributed by atoms with E-state index in [0.717, 1.165) is 0 Å². The molecule has 1 aromatic carbocycles. The lowest BCUT2D eigenvalue weighted by Crippen LogP contribution is -2.18. The summed E-state index contributed by atoms with van der Waals surface area (Å²) >= 11 is 0. The number of nitro benzene ring substituents is 1. The van der Waals surface area contributed by atoms with Crippen LogP contribution in [-0.2, 0) is 4.74 Å². The minimum Gasteiger partial charge on any atom is -0.494 e. The number of rotatable bonds is 7. The number of anilines is 1. The van der Waals surface area contributed by atoms with E-state index in [0.29, 0.717) is 24.6 Å². The van der Waals surface area contributed by atoms with Gasteiger partial charge in [0.05, 0.1) is 23.7 Å². The predicted octanol–water partition coefficient (Wildman–Crippen LogP) is 2.44. The van der Waals surface area contributed by atoms with Crippen molar-refractivity contribution in [1.82, 2.24) is 0 Å². The molecule has 0 bridgehead atoms. The lowest BCUT2D eigenvalue weighted by atomic mass is 10.2. The maximum Gasteiger partial charge on any atom is 0.275 e. The number of benzene rings is 1. The highest BCUT2D eigenvalue weighted by atomic mass is 16.6. The fraction of sp³-hybridized carbons (Fsp3) is 0.500. The third-order valence-electron chi connectivity index (χ3n) is 2.41. The molecule has 0 saturated heterocycles. The fourth-order valence-electron chi connectivity index (χ4n) is 1.39. The first kappa shape index (κ1) is 14.2. The van der Waals surface area contributed by atoms with E-state index in [1.165, 1.54) is 12.1 Å². The number of nitro groups is 1. The van der Waals surface area contributed by atoms with Crippen LogP contribution in [0.25, 0.3) is 0 Å². The van der Waals surface area contributed by atoms with E-state index < -0.39 is 4.92 Å². The van der Waals surface area contributed by atoms with E-state index >= 15 is 0 Å². The van der Waals surface area contributed by atoms with Crippen molar-refractivity contribution in [2.75, 3.05) is 25.6 Å². The minimum absolute atomic E-state index is 0.00789. The van der Waals surface area contributed by atoms with Crippen molar-refractivity contribution in [2.24, 2.45) is 0 Å². The van der Waals surface area contributed by atoms with Gasteiger partial charge in [-0.05, 0) is 13.8 Å². The highest BCUT2D eigenvalue weighted by Crippen LogP contribution is 2.26. The summed E-state index contributed by atoms with van der Waals surface area (Å²) in [5, 5.41) is 13.9. The maximum atomic E-state index is 10.8.